The molecule has 3 aromatic rings. The Bertz CT molecular complexity index is 1030. The molecular weight excluding hydrogens is 433 g/mol. The van der Waals surface area contributed by atoms with Gasteiger partial charge in [-0.3, -0.25) is 0 Å². The van der Waals surface area contributed by atoms with Gasteiger partial charge in [-0.25, -0.2) is 4.79 Å². The smallest absolute Gasteiger partial charge is 0.336 e. The number of carboxylic acids is 1. The first kappa shape index (κ1) is 21.3. The molecule has 2 N–H and O–H groups in total. The number of aromatic carboxylic acids is 1. The Morgan fingerprint density at radius 3 is 2.41 bits per heavy atom. The minimum Gasteiger partial charge on any atom is -0.488 e. The van der Waals surface area contributed by atoms with Gasteiger partial charge in [-0.2, -0.15) is 0 Å². The third-order valence-corrected chi connectivity index (χ3v) is 5.43. The maximum absolute atomic E-state index is 11.3. The van der Waals surface area contributed by atoms with Crippen molar-refractivity contribution in [2.75, 3.05) is 5.32 Å². The number of hydrogen-bond donors (Lipinski definition) is 2. The molecule has 0 saturated carbocycles. The van der Waals surface area contributed by atoms with Crippen molar-refractivity contribution in [3.8, 4) is 5.75 Å². The zero-order chi connectivity index (χ0) is 21.0. The van der Waals surface area contributed by atoms with E-state index < -0.39 is 5.97 Å². The lowest BCUT2D eigenvalue weighted by atomic mass is 10.1. The summed E-state index contributed by atoms with van der Waals surface area (Å²) in [5.74, 6) is -0.334. The van der Waals surface area contributed by atoms with Crippen LogP contribution in [-0.2, 0) is 13.2 Å². The molecule has 0 aromatic heterocycles. The molecule has 0 amide bonds. The Kier molecular flexibility index (Phi) is 6.91. The van der Waals surface area contributed by atoms with Gasteiger partial charge < -0.3 is 15.2 Å². The quantitative estimate of drug-likeness (QED) is 0.413. The second-order valence-electron chi connectivity index (χ2n) is 6.38. The van der Waals surface area contributed by atoms with Crippen molar-refractivity contribution in [2.45, 2.75) is 20.1 Å². The summed E-state index contributed by atoms with van der Waals surface area (Å²) >= 11 is 18.6. The number of hydrogen-bond acceptors (Lipinski definition) is 3. The molecule has 3 rings (SSSR count). The summed E-state index contributed by atoms with van der Waals surface area (Å²) in [4.78, 5) is 11.3. The van der Waals surface area contributed by atoms with Crippen LogP contribution < -0.4 is 10.1 Å². The Balaban J connectivity index is 1.79. The van der Waals surface area contributed by atoms with Crippen LogP contribution in [-0.4, -0.2) is 11.1 Å². The predicted molar refractivity (Wildman–Crippen MR) is 118 cm³/mol. The van der Waals surface area contributed by atoms with Gasteiger partial charge in [0.2, 0.25) is 0 Å². The van der Waals surface area contributed by atoms with Crippen LogP contribution in [0.1, 0.15) is 27.0 Å². The van der Waals surface area contributed by atoms with Gasteiger partial charge in [0.25, 0.3) is 0 Å². The summed E-state index contributed by atoms with van der Waals surface area (Å²) in [6.07, 6.45) is 0. The minimum absolute atomic E-state index is 0.209. The monoisotopic (exact) mass is 449 g/mol. The van der Waals surface area contributed by atoms with Gasteiger partial charge in [-0.15, -0.1) is 0 Å². The van der Waals surface area contributed by atoms with Crippen LogP contribution in [0.3, 0.4) is 0 Å². The topological polar surface area (TPSA) is 58.6 Å². The highest BCUT2D eigenvalue weighted by Gasteiger charge is 2.12. The van der Waals surface area contributed by atoms with Gasteiger partial charge >= 0.3 is 5.97 Å². The largest absolute Gasteiger partial charge is 0.488 e. The highest BCUT2D eigenvalue weighted by molar-refractivity contribution is 6.36. The molecule has 0 bridgehead atoms. The van der Waals surface area contributed by atoms with Gasteiger partial charge in [0.15, 0.2) is 0 Å². The highest BCUT2D eigenvalue weighted by atomic mass is 35.5. The van der Waals surface area contributed by atoms with Crippen molar-refractivity contribution in [3.05, 3.63) is 91.9 Å². The van der Waals surface area contributed by atoms with Crippen LogP contribution in [0.5, 0.6) is 5.75 Å². The molecule has 0 unspecified atom stereocenters. The molecule has 150 valence electrons. The lowest BCUT2D eigenvalue weighted by Gasteiger charge is -2.16. The third-order valence-electron chi connectivity index (χ3n) is 4.49. The number of anilines is 1. The Morgan fingerprint density at radius 1 is 1.03 bits per heavy atom. The first-order valence-corrected chi connectivity index (χ1v) is 9.91. The predicted octanol–water partition coefficient (Wildman–Crippen LogP) is 6.84. The van der Waals surface area contributed by atoms with Crippen LogP contribution in [0.15, 0.2) is 54.6 Å². The summed E-state index contributed by atoms with van der Waals surface area (Å²) in [5, 5.41) is 14.2. The second kappa shape index (κ2) is 9.40. The van der Waals surface area contributed by atoms with E-state index in [0.717, 1.165) is 11.3 Å². The van der Waals surface area contributed by atoms with Gasteiger partial charge in [0.1, 0.15) is 12.4 Å². The molecule has 0 spiro atoms. The Hall–Kier alpha value is -2.40. The number of ether oxygens (including phenoxy) is 1. The molecule has 0 radical (unpaired) electrons. The van der Waals surface area contributed by atoms with Crippen molar-refractivity contribution in [2.24, 2.45) is 0 Å². The van der Waals surface area contributed by atoms with Gasteiger partial charge in [0, 0.05) is 38.4 Å². The number of carboxylic acid groups (broad SMARTS) is 1. The summed E-state index contributed by atoms with van der Waals surface area (Å²) in [5.41, 5.74) is 3.17. The number of nitrogens with one attached hydrogen (secondary N) is 1. The second-order valence-corrected chi connectivity index (χ2v) is 7.63. The maximum atomic E-state index is 11.3. The fourth-order valence-electron chi connectivity index (χ4n) is 2.90. The van der Waals surface area contributed by atoms with E-state index >= 15 is 0 Å². The number of benzene rings is 3. The zero-order valence-electron chi connectivity index (χ0n) is 15.5. The molecule has 0 aliphatic heterocycles. The van der Waals surface area contributed by atoms with E-state index in [0.29, 0.717) is 38.5 Å². The van der Waals surface area contributed by atoms with Crippen LogP contribution in [0.25, 0.3) is 0 Å². The molecule has 7 heteroatoms. The fraction of sp³-hybridized carbons (Fsp3) is 0.136. The standard InChI is InChI=1S/C22H18Cl3NO3/c1-13-16(22(27)28)4-2-7-20(13)26-11-14-10-15(23)8-9-21(14)29-12-17-18(24)5-3-6-19(17)25/h2-10,26H,11-12H2,1H3,(H,27,28). The molecule has 3 aromatic carbocycles. The molecule has 0 saturated heterocycles. The lowest BCUT2D eigenvalue weighted by Crippen LogP contribution is -2.07. The summed E-state index contributed by atoms with van der Waals surface area (Å²) in [7, 11) is 0. The summed E-state index contributed by atoms with van der Waals surface area (Å²) in [6, 6.07) is 15.7. The van der Waals surface area contributed by atoms with Crippen molar-refractivity contribution in [1.82, 2.24) is 0 Å². The average Bonchev–Trinajstić information content (AvgIpc) is 2.67. The van der Waals surface area contributed by atoms with Crippen molar-refractivity contribution >= 4 is 46.5 Å². The van der Waals surface area contributed by atoms with Crippen LogP contribution in [0.2, 0.25) is 15.1 Å². The van der Waals surface area contributed by atoms with Crippen molar-refractivity contribution in [1.29, 1.82) is 0 Å². The molecule has 0 atom stereocenters. The molecule has 29 heavy (non-hydrogen) atoms. The van der Waals surface area contributed by atoms with E-state index in [2.05, 4.69) is 5.32 Å². The van der Waals surface area contributed by atoms with E-state index in [-0.39, 0.29) is 12.2 Å². The van der Waals surface area contributed by atoms with Crippen LogP contribution >= 0.6 is 34.8 Å². The average molecular weight is 451 g/mol. The van der Waals surface area contributed by atoms with Gasteiger partial charge in [-0.1, -0.05) is 46.9 Å². The first-order chi connectivity index (χ1) is 13.9. The van der Waals surface area contributed by atoms with Crippen LogP contribution in [0.4, 0.5) is 5.69 Å². The number of halogens is 3. The molecule has 4 nitrogen and oxygen atoms in total. The van der Waals surface area contributed by atoms with E-state index in [4.69, 9.17) is 39.5 Å². The highest BCUT2D eigenvalue weighted by Crippen LogP contribution is 2.29. The van der Waals surface area contributed by atoms with E-state index in [9.17, 15) is 9.90 Å². The Morgan fingerprint density at radius 2 is 1.72 bits per heavy atom. The van der Waals surface area contributed by atoms with Gasteiger partial charge in [0.05, 0.1) is 5.56 Å². The number of rotatable bonds is 7. The Labute approximate surface area is 184 Å². The fourth-order valence-corrected chi connectivity index (χ4v) is 3.60. The van der Waals surface area contributed by atoms with Crippen molar-refractivity contribution < 1.29 is 14.6 Å². The van der Waals surface area contributed by atoms with E-state index in [1.807, 2.05) is 6.07 Å². The minimum atomic E-state index is -0.963. The zero-order valence-corrected chi connectivity index (χ0v) is 17.8. The van der Waals surface area contributed by atoms with Crippen molar-refractivity contribution in [3.63, 3.8) is 0 Å². The molecule has 0 aliphatic carbocycles. The van der Waals surface area contributed by atoms with Crippen LogP contribution in [0, 0.1) is 6.92 Å². The lowest BCUT2D eigenvalue weighted by molar-refractivity contribution is 0.0696. The molecule has 0 heterocycles. The first-order valence-electron chi connectivity index (χ1n) is 8.77. The molecule has 0 aliphatic rings. The van der Waals surface area contributed by atoms with E-state index in [1.54, 1.807) is 55.5 Å². The maximum Gasteiger partial charge on any atom is 0.336 e. The third kappa shape index (κ3) is 5.15. The SMILES string of the molecule is Cc1c(NCc2cc(Cl)ccc2OCc2c(Cl)cccc2Cl)cccc1C(=O)O. The summed E-state index contributed by atoms with van der Waals surface area (Å²) < 4.78 is 5.96. The normalized spacial score (nSPS) is 10.6. The molecular formula is C22H18Cl3NO3. The number of carbonyl (C=O) groups is 1. The summed E-state index contributed by atoms with van der Waals surface area (Å²) in [6.45, 7) is 2.37. The van der Waals surface area contributed by atoms with E-state index in [1.165, 1.54) is 0 Å². The molecule has 0 fully saturated rings. The van der Waals surface area contributed by atoms with Gasteiger partial charge in [-0.05, 0) is 55.0 Å².